The summed E-state index contributed by atoms with van der Waals surface area (Å²) < 4.78 is 1.26. The van der Waals surface area contributed by atoms with E-state index in [4.69, 9.17) is 0 Å². The molecule has 0 aliphatic rings. The maximum absolute atomic E-state index is 4.52. The summed E-state index contributed by atoms with van der Waals surface area (Å²) in [5.74, 6) is 0. The number of nitrogens with zero attached hydrogens (tertiary/aromatic N) is 1. The summed E-state index contributed by atoms with van der Waals surface area (Å²) in [7, 11) is 0. The molecule has 0 aromatic carbocycles. The summed E-state index contributed by atoms with van der Waals surface area (Å²) in [6, 6.07) is 4.59. The topological polar surface area (TPSA) is 24.9 Å². The number of hydrogen-bond donors (Lipinski definition) is 1. The Bertz CT molecular complexity index is 538. The van der Waals surface area contributed by atoms with Gasteiger partial charge < -0.3 is 5.32 Å². The molecule has 1 atom stereocenters. The maximum Gasteiger partial charge on any atom is 0.0809 e. The third-order valence-electron chi connectivity index (χ3n) is 2.80. The van der Waals surface area contributed by atoms with Crippen LogP contribution in [0, 0.1) is 0 Å². The Morgan fingerprint density at radius 2 is 2.33 bits per heavy atom. The Morgan fingerprint density at radius 1 is 1.50 bits per heavy atom. The molecule has 2 aromatic rings. The van der Waals surface area contributed by atoms with Crippen LogP contribution < -0.4 is 5.32 Å². The van der Waals surface area contributed by atoms with E-state index < -0.39 is 0 Å². The van der Waals surface area contributed by atoms with Gasteiger partial charge in [0.25, 0.3) is 0 Å². The Labute approximate surface area is 113 Å². The molecule has 0 aliphatic heterocycles. The van der Waals surface area contributed by atoms with Crippen molar-refractivity contribution in [1.82, 2.24) is 10.3 Å². The summed E-state index contributed by atoms with van der Waals surface area (Å²) in [6.45, 7) is 7.49. The highest BCUT2D eigenvalue weighted by Gasteiger charge is 2.09. The van der Waals surface area contributed by atoms with Crippen molar-refractivity contribution in [3.63, 3.8) is 0 Å². The van der Waals surface area contributed by atoms with Gasteiger partial charge in [0.2, 0.25) is 0 Å². The molecule has 0 radical (unpaired) electrons. The summed E-state index contributed by atoms with van der Waals surface area (Å²) in [4.78, 5) is 4.52. The van der Waals surface area contributed by atoms with Crippen LogP contribution in [0.5, 0.6) is 0 Å². The third-order valence-corrected chi connectivity index (χ3v) is 3.65. The van der Waals surface area contributed by atoms with Gasteiger partial charge in [0.1, 0.15) is 0 Å². The number of allylic oxidation sites excluding steroid dienone is 1. The molecule has 96 valence electrons. The second-order valence-corrected chi connectivity index (χ2v) is 5.70. The summed E-state index contributed by atoms with van der Waals surface area (Å²) in [6.07, 6.45) is 5.40. The van der Waals surface area contributed by atoms with Crippen LogP contribution in [0.1, 0.15) is 38.8 Å². The van der Waals surface area contributed by atoms with Gasteiger partial charge >= 0.3 is 0 Å². The van der Waals surface area contributed by atoms with Crippen molar-refractivity contribution in [2.45, 2.75) is 33.2 Å². The lowest BCUT2D eigenvalue weighted by molar-refractivity contribution is 0.609. The van der Waals surface area contributed by atoms with Gasteiger partial charge in [-0.1, -0.05) is 18.6 Å². The lowest BCUT2D eigenvalue weighted by Crippen LogP contribution is -2.20. The molecule has 0 aliphatic carbocycles. The zero-order valence-electron chi connectivity index (χ0n) is 11.2. The van der Waals surface area contributed by atoms with Crippen molar-refractivity contribution >= 4 is 21.6 Å². The molecule has 0 amide bonds. The van der Waals surface area contributed by atoms with Gasteiger partial charge in [-0.3, -0.25) is 4.98 Å². The molecule has 2 heterocycles. The van der Waals surface area contributed by atoms with Gasteiger partial charge in [-0.05, 0) is 49.9 Å². The van der Waals surface area contributed by atoms with E-state index in [2.05, 4.69) is 54.7 Å². The SMILES string of the molecule is CCCNC(C=C(C)C)c1cnc2ccsc2c1. The largest absolute Gasteiger partial charge is 0.307 e. The van der Waals surface area contributed by atoms with Gasteiger partial charge in [0.15, 0.2) is 0 Å². The van der Waals surface area contributed by atoms with E-state index in [9.17, 15) is 0 Å². The zero-order chi connectivity index (χ0) is 13.0. The second-order valence-electron chi connectivity index (χ2n) is 4.75. The van der Waals surface area contributed by atoms with Crippen LogP contribution in [0.2, 0.25) is 0 Å². The van der Waals surface area contributed by atoms with Crippen molar-refractivity contribution in [2.75, 3.05) is 6.54 Å². The predicted molar refractivity (Wildman–Crippen MR) is 80.1 cm³/mol. The lowest BCUT2D eigenvalue weighted by Gasteiger charge is -2.15. The minimum Gasteiger partial charge on any atom is -0.307 e. The third kappa shape index (κ3) is 3.18. The van der Waals surface area contributed by atoms with Crippen LogP contribution >= 0.6 is 11.3 Å². The van der Waals surface area contributed by atoms with Gasteiger partial charge in [0, 0.05) is 6.20 Å². The van der Waals surface area contributed by atoms with Crippen molar-refractivity contribution in [1.29, 1.82) is 0 Å². The summed E-state index contributed by atoms with van der Waals surface area (Å²) >= 11 is 1.75. The highest BCUT2D eigenvalue weighted by Crippen LogP contribution is 2.24. The van der Waals surface area contributed by atoms with Crippen LogP contribution in [-0.4, -0.2) is 11.5 Å². The number of hydrogen-bond acceptors (Lipinski definition) is 3. The molecule has 1 N–H and O–H groups in total. The van der Waals surface area contributed by atoms with Crippen molar-refractivity contribution in [3.8, 4) is 0 Å². The minimum absolute atomic E-state index is 0.272. The molecular weight excluding hydrogens is 240 g/mol. The second kappa shape index (κ2) is 6.12. The van der Waals surface area contributed by atoms with Gasteiger partial charge in [0.05, 0.1) is 16.3 Å². The number of aromatic nitrogens is 1. The fourth-order valence-corrected chi connectivity index (χ4v) is 2.73. The molecule has 0 fully saturated rings. The number of nitrogens with one attached hydrogen (secondary N) is 1. The quantitative estimate of drug-likeness (QED) is 0.811. The fraction of sp³-hybridized carbons (Fsp3) is 0.400. The van der Waals surface area contributed by atoms with Crippen molar-refractivity contribution in [3.05, 3.63) is 40.9 Å². The maximum atomic E-state index is 4.52. The average Bonchev–Trinajstić information content (AvgIpc) is 2.81. The smallest absolute Gasteiger partial charge is 0.0809 e. The van der Waals surface area contributed by atoms with E-state index in [0.717, 1.165) is 18.5 Å². The van der Waals surface area contributed by atoms with Crippen LogP contribution in [0.15, 0.2) is 35.4 Å². The minimum atomic E-state index is 0.272. The van der Waals surface area contributed by atoms with E-state index in [1.54, 1.807) is 11.3 Å². The molecule has 3 heteroatoms. The van der Waals surface area contributed by atoms with Crippen LogP contribution in [0.3, 0.4) is 0 Å². The number of thiophene rings is 1. The molecule has 0 spiro atoms. The van der Waals surface area contributed by atoms with Crippen LogP contribution in [0.25, 0.3) is 10.2 Å². The van der Waals surface area contributed by atoms with Crippen LogP contribution in [-0.2, 0) is 0 Å². The molecule has 0 saturated heterocycles. The summed E-state index contributed by atoms with van der Waals surface area (Å²) in [5, 5.41) is 5.66. The van der Waals surface area contributed by atoms with E-state index >= 15 is 0 Å². The van der Waals surface area contributed by atoms with Crippen molar-refractivity contribution < 1.29 is 0 Å². The van der Waals surface area contributed by atoms with Gasteiger partial charge in [-0.2, -0.15) is 0 Å². The first-order valence-corrected chi connectivity index (χ1v) is 7.30. The summed E-state index contributed by atoms with van der Waals surface area (Å²) in [5.41, 5.74) is 3.67. The number of pyridine rings is 1. The van der Waals surface area contributed by atoms with E-state index in [-0.39, 0.29) is 6.04 Å². The van der Waals surface area contributed by atoms with E-state index in [1.165, 1.54) is 15.8 Å². The van der Waals surface area contributed by atoms with Gasteiger partial charge in [-0.25, -0.2) is 0 Å². The monoisotopic (exact) mass is 260 g/mol. The first-order chi connectivity index (χ1) is 8.70. The Kier molecular flexibility index (Phi) is 4.50. The molecule has 2 aromatic heterocycles. The molecule has 2 rings (SSSR count). The standard InChI is InChI=1S/C15H20N2S/c1-4-6-16-14(8-11(2)3)12-9-15-13(17-10-12)5-7-18-15/h5,7-10,14,16H,4,6H2,1-3H3. The molecule has 0 saturated carbocycles. The van der Waals surface area contributed by atoms with Crippen molar-refractivity contribution in [2.24, 2.45) is 0 Å². The highest BCUT2D eigenvalue weighted by molar-refractivity contribution is 7.17. The normalized spacial score (nSPS) is 12.6. The lowest BCUT2D eigenvalue weighted by atomic mass is 10.1. The number of rotatable bonds is 5. The zero-order valence-corrected chi connectivity index (χ0v) is 12.1. The molecule has 2 nitrogen and oxygen atoms in total. The first-order valence-electron chi connectivity index (χ1n) is 6.42. The Hall–Kier alpha value is -1.19. The Balaban J connectivity index is 2.30. The first kappa shape index (κ1) is 13.2. The molecule has 0 bridgehead atoms. The number of fused-ring (bicyclic) bond motifs is 1. The molecule has 1 unspecified atom stereocenters. The van der Waals surface area contributed by atoms with Gasteiger partial charge in [-0.15, -0.1) is 11.3 Å². The molecular formula is C15H20N2S. The molecule has 18 heavy (non-hydrogen) atoms. The van der Waals surface area contributed by atoms with Crippen LogP contribution in [0.4, 0.5) is 0 Å². The van der Waals surface area contributed by atoms with E-state index in [1.807, 2.05) is 6.20 Å². The average molecular weight is 260 g/mol. The fourth-order valence-electron chi connectivity index (χ4n) is 1.94. The highest BCUT2D eigenvalue weighted by atomic mass is 32.1. The van der Waals surface area contributed by atoms with E-state index in [0.29, 0.717) is 0 Å². The Morgan fingerprint density at radius 3 is 3.06 bits per heavy atom. The predicted octanol–water partition coefficient (Wildman–Crippen LogP) is 4.30.